The van der Waals surface area contributed by atoms with E-state index in [2.05, 4.69) is 38.5 Å². The predicted octanol–water partition coefficient (Wildman–Crippen LogP) is 2.67. The van der Waals surface area contributed by atoms with Gasteiger partial charge in [0.2, 0.25) is 0 Å². The summed E-state index contributed by atoms with van der Waals surface area (Å²) in [7, 11) is 1.50. The second kappa shape index (κ2) is 16.1. The maximum Gasteiger partial charge on any atom is 0.295 e. The van der Waals surface area contributed by atoms with E-state index < -0.39 is 0 Å². The molecule has 1 aliphatic heterocycles. The molecule has 5 N–H and O–H groups in total. The van der Waals surface area contributed by atoms with Crippen LogP contribution in [0.1, 0.15) is 49.3 Å². The number of nitrogens with two attached hydrogens (primary N) is 1. The molecule has 3 rings (SSSR count). The zero-order valence-corrected chi connectivity index (χ0v) is 21.2. The van der Waals surface area contributed by atoms with Gasteiger partial charge in [-0.3, -0.25) is 9.59 Å². The van der Waals surface area contributed by atoms with Crippen LogP contribution >= 0.6 is 0 Å². The fraction of sp³-hybridized carbons (Fsp3) is 0.462. The number of aromatic nitrogens is 2. The largest absolute Gasteiger partial charge is 0.493 e. The van der Waals surface area contributed by atoms with E-state index >= 15 is 0 Å². The van der Waals surface area contributed by atoms with Crippen LogP contribution < -0.4 is 26.4 Å². The Labute approximate surface area is 212 Å². The van der Waals surface area contributed by atoms with Crippen LogP contribution in [0, 0.1) is 11.8 Å². The fourth-order valence-electron chi connectivity index (χ4n) is 3.48. The van der Waals surface area contributed by atoms with Crippen molar-refractivity contribution in [3.8, 4) is 17.6 Å². The van der Waals surface area contributed by atoms with Crippen molar-refractivity contribution in [2.45, 2.75) is 45.6 Å². The third-order valence-corrected chi connectivity index (χ3v) is 5.21. The second-order valence-electron chi connectivity index (χ2n) is 7.74. The molecule has 1 aromatic carbocycles. The van der Waals surface area contributed by atoms with Gasteiger partial charge in [0, 0.05) is 37.6 Å². The number of hydrogen-bond acceptors (Lipinski definition) is 9. The van der Waals surface area contributed by atoms with Gasteiger partial charge in [-0.15, -0.1) is 0 Å². The summed E-state index contributed by atoms with van der Waals surface area (Å²) in [6.07, 6.45) is 3.82. The number of ether oxygens (including phenoxy) is 2. The van der Waals surface area contributed by atoms with Crippen LogP contribution in [0.2, 0.25) is 0 Å². The number of nitrogens with one attached hydrogen (secondary N) is 3. The molecule has 0 radical (unpaired) electrons. The molecule has 0 atom stereocenters. The number of aldehydes is 1. The fourth-order valence-corrected chi connectivity index (χ4v) is 3.48. The average molecular weight is 497 g/mol. The molecule has 0 unspecified atom stereocenters. The van der Waals surface area contributed by atoms with Crippen molar-refractivity contribution in [1.82, 2.24) is 15.3 Å². The minimum Gasteiger partial charge on any atom is -0.493 e. The topological polar surface area (TPSA) is 140 Å². The van der Waals surface area contributed by atoms with Crippen LogP contribution in [0.3, 0.4) is 0 Å². The van der Waals surface area contributed by atoms with E-state index in [1.165, 1.54) is 7.05 Å². The quantitative estimate of drug-likeness (QED) is 0.210. The van der Waals surface area contributed by atoms with Crippen molar-refractivity contribution in [2.24, 2.45) is 5.73 Å². The van der Waals surface area contributed by atoms with Gasteiger partial charge in [0.05, 0.1) is 12.3 Å². The van der Waals surface area contributed by atoms with E-state index in [0.717, 1.165) is 37.4 Å². The predicted molar refractivity (Wildman–Crippen MR) is 141 cm³/mol. The van der Waals surface area contributed by atoms with Gasteiger partial charge in [-0.05, 0) is 57.7 Å². The molecule has 10 heteroatoms. The lowest BCUT2D eigenvalue weighted by Crippen LogP contribution is -2.29. The number of amides is 1. The first kappa shape index (κ1) is 28.6. The molecule has 1 saturated heterocycles. The number of carbonyl (C=O) groups is 2. The molecule has 1 amide bonds. The molecule has 1 aromatic heterocycles. The summed E-state index contributed by atoms with van der Waals surface area (Å²) < 4.78 is 11.2. The van der Waals surface area contributed by atoms with Crippen LogP contribution in [0.4, 0.5) is 17.3 Å². The monoisotopic (exact) mass is 496 g/mol. The van der Waals surface area contributed by atoms with Crippen molar-refractivity contribution in [1.29, 1.82) is 0 Å². The third kappa shape index (κ3) is 9.17. The minimum absolute atomic E-state index is 0.256. The zero-order chi connectivity index (χ0) is 26.2. The van der Waals surface area contributed by atoms with Crippen molar-refractivity contribution < 1.29 is 19.1 Å². The van der Waals surface area contributed by atoms with E-state index in [1.54, 1.807) is 6.92 Å². The van der Waals surface area contributed by atoms with Gasteiger partial charge >= 0.3 is 0 Å². The smallest absolute Gasteiger partial charge is 0.295 e. The number of rotatable bonds is 11. The SMILES string of the molecule is CC#CC(=O)NCCCOc1cccc(Nc2nc(NC3CCOCC3)c(CC)nc2C=O)c1.CN. The number of nitrogens with zero attached hydrogens (tertiary/aromatic N) is 2. The molecule has 0 saturated carbocycles. The second-order valence-corrected chi connectivity index (χ2v) is 7.74. The number of anilines is 3. The third-order valence-electron chi connectivity index (χ3n) is 5.21. The molecular weight excluding hydrogens is 460 g/mol. The van der Waals surface area contributed by atoms with Gasteiger partial charge in [0.15, 0.2) is 12.1 Å². The number of hydrogen-bond donors (Lipinski definition) is 4. The summed E-state index contributed by atoms with van der Waals surface area (Å²) in [5.74, 6) is 6.44. The molecule has 194 valence electrons. The van der Waals surface area contributed by atoms with Crippen molar-refractivity contribution >= 4 is 29.5 Å². The summed E-state index contributed by atoms with van der Waals surface area (Å²) in [5, 5.41) is 9.38. The summed E-state index contributed by atoms with van der Waals surface area (Å²) >= 11 is 0. The number of aryl methyl sites for hydroxylation is 1. The molecule has 1 fully saturated rings. The van der Waals surface area contributed by atoms with Gasteiger partial charge in [0.1, 0.15) is 17.3 Å². The van der Waals surface area contributed by atoms with E-state index in [9.17, 15) is 9.59 Å². The highest BCUT2D eigenvalue weighted by Gasteiger charge is 2.18. The van der Waals surface area contributed by atoms with Crippen molar-refractivity contribution in [2.75, 3.05) is 44.0 Å². The maximum atomic E-state index is 11.7. The van der Waals surface area contributed by atoms with Crippen LogP contribution in [-0.2, 0) is 16.0 Å². The highest BCUT2D eigenvalue weighted by atomic mass is 16.5. The standard InChI is InChI=1S/C25H31N5O4.CH5N/c1-3-7-23(32)26-12-6-13-34-20-9-5-8-19(16-20)28-25-22(17-31)29-21(4-2)24(30-25)27-18-10-14-33-15-11-18;1-2/h5,8-9,16-18H,4,6,10-15H2,1-2H3,(H,26,32)(H2,27,28,30);2H2,1H3. The highest BCUT2D eigenvalue weighted by molar-refractivity contribution is 5.93. The maximum absolute atomic E-state index is 11.7. The average Bonchev–Trinajstić information content (AvgIpc) is 2.91. The van der Waals surface area contributed by atoms with E-state index in [4.69, 9.17) is 14.5 Å². The molecule has 0 spiro atoms. The summed E-state index contributed by atoms with van der Waals surface area (Å²) in [4.78, 5) is 32.3. The lowest BCUT2D eigenvalue weighted by molar-refractivity contribution is -0.115. The van der Waals surface area contributed by atoms with E-state index in [-0.39, 0.29) is 17.6 Å². The highest BCUT2D eigenvalue weighted by Crippen LogP contribution is 2.25. The van der Waals surface area contributed by atoms with Crippen LogP contribution in [0.25, 0.3) is 0 Å². The molecule has 2 aromatic rings. The first-order chi connectivity index (χ1) is 17.6. The Morgan fingerprint density at radius 1 is 1.25 bits per heavy atom. The molecule has 10 nitrogen and oxygen atoms in total. The Kier molecular flexibility index (Phi) is 12.8. The minimum atomic E-state index is -0.291. The molecule has 1 aliphatic rings. The Balaban J connectivity index is 0.00000222. The van der Waals surface area contributed by atoms with Gasteiger partial charge in [-0.25, -0.2) is 9.97 Å². The Bertz CT molecular complexity index is 1040. The normalized spacial score (nSPS) is 12.8. The Hall–Kier alpha value is -3.68. The number of benzene rings is 1. The van der Waals surface area contributed by atoms with E-state index in [1.807, 2.05) is 31.2 Å². The lowest BCUT2D eigenvalue weighted by atomic mass is 10.1. The Morgan fingerprint density at radius 3 is 2.72 bits per heavy atom. The van der Waals surface area contributed by atoms with Crippen LogP contribution in [-0.4, -0.2) is 61.6 Å². The van der Waals surface area contributed by atoms with Crippen LogP contribution in [0.15, 0.2) is 24.3 Å². The molecular formula is C26H36N6O4. The molecule has 2 heterocycles. The molecule has 0 bridgehead atoms. The van der Waals surface area contributed by atoms with Crippen molar-refractivity contribution in [3.63, 3.8) is 0 Å². The summed E-state index contributed by atoms with van der Waals surface area (Å²) in [5.41, 5.74) is 6.24. The van der Waals surface area contributed by atoms with Gasteiger partial charge in [-0.1, -0.05) is 18.9 Å². The zero-order valence-electron chi connectivity index (χ0n) is 21.2. The Morgan fingerprint density at radius 2 is 2.03 bits per heavy atom. The van der Waals surface area contributed by atoms with Gasteiger partial charge in [0.25, 0.3) is 5.91 Å². The molecule has 36 heavy (non-hydrogen) atoms. The molecule has 0 aliphatic carbocycles. The summed E-state index contributed by atoms with van der Waals surface area (Å²) in [6, 6.07) is 7.66. The first-order valence-corrected chi connectivity index (χ1v) is 12.1. The van der Waals surface area contributed by atoms with Gasteiger partial charge < -0.3 is 31.2 Å². The van der Waals surface area contributed by atoms with Crippen molar-refractivity contribution in [3.05, 3.63) is 35.7 Å². The van der Waals surface area contributed by atoms with Crippen LogP contribution in [0.5, 0.6) is 5.75 Å². The van der Waals surface area contributed by atoms with Gasteiger partial charge in [-0.2, -0.15) is 0 Å². The number of carbonyl (C=O) groups excluding carboxylic acids is 2. The lowest BCUT2D eigenvalue weighted by Gasteiger charge is -2.25. The first-order valence-electron chi connectivity index (χ1n) is 12.1. The van der Waals surface area contributed by atoms with E-state index in [0.29, 0.717) is 49.7 Å². The summed E-state index contributed by atoms with van der Waals surface area (Å²) in [6.45, 7) is 5.97.